The third kappa shape index (κ3) is 3.28. The Morgan fingerprint density at radius 3 is 2.54 bits per heavy atom. The molecule has 0 amide bonds. The highest BCUT2D eigenvalue weighted by molar-refractivity contribution is 5.16. The van der Waals surface area contributed by atoms with Crippen molar-refractivity contribution in [1.82, 2.24) is 10.2 Å². The Hall–Kier alpha value is -1.31. The number of hydrogen-bond acceptors (Lipinski definition) is 5. The van der Waals surface area contributed by atoms with Gasteiger partial charge in [0.25, 0.3) is 0 Å². The fourth-order valence-corrected chi connectivity index (χ4v) is 0.583. The number of aromatic nitrogens is 2. The molecule has 74 valence electrons. The summed E-state index contributed by atoms with van der Waals surface area (Å²) in [4.78, 5) is 0. The van der Waals surface area contributed by atoms with Crippen LogP contribution in [0.3, 0.4) is 0 Å². The average molecular weight is 196 g/mol. The van der Waals surface area contributed by atoms with E-state index < -0.39 is 12.7 Å². The molecule has 0 aromatic carbocycles. The summed E-state index contributed by atoms with van der Waals surface area (Å²) >= 11 is 0. The van der Waals surface area contributed by atoms with Crippen LogP contribution in [0.15, 0.2) is 4.42 Å². The normalized spacial score (nSPS) is 11.7. The van der Waals surface area contributed by atoms with Crippen molar-refractivity contribution in [2.45, 2.75) is 12.7 Å². The van der Waals surface area contributed by atoms with Gasteiger partial charge in [0.1, 0.15) is 6.54 Å². The molecule has 0 spiro atoms. The molecule has 0 saturated carbocycles. The number of nitrogens with zero attached hydrogens (tertiary/aromatic N) is 2. The van der Waals surface area contributed by atoms with Gasteiger partial charge < -0.3 is 15.5 Å². The highest BCUT2D eigenvalue weighted by Crippen LogP contribution is 2.15. The van der Waals surface area contributed by atoms with Crippen molar-refractivity contribution >= 4 is 6.01 Å². The fraction of sp³-hybridized carbons (Fsp3) is 0.600. The van der Waals surface area contributed by atoms with Gasteiger partial charge in [-0.2, -0.15) is 13.2 Å². The van der Waals surface area contributed by atoms with E-state index in [4.69, 9.17) is 5.73 Å². The highest BCUT2D eigenvalue weighted by Gasteiger charge is 2.27. The van der Waals surface area contributed by atoms with E-state index in [-0.39, 0.29) is 18.5 Å². The Bertz CT molecular complexity index is 271. The van der Waals surface area contributed by atoms with Gasteiger partial charge in [-0.25, -0.2) is 0 Å². The van der Waals surface area contributed by atoms with E-state index in [1.807, 2.05) is 5.32 Å². The van der Waals surface area contributed by atoms with Crippen LogP contribution in [0.4, 0.5) is 19.2 Å². The van der Waals surface area contributed by atoms with E-state index in [0.29, 0.717) is 0 Å². The average Bonchev–Trinajstić information content (AvgIpc) is 2.47. The molecular formula is C5H7F3N4O. The summed E-state index contributed by atoms with van der Waals surface area (Å²) in [6.45, 7) is -1.21. The van der Waals surface area contributed by atoms with Crippen molar-refractivity contribution < 1.29 is 17.6 Å². The zero-order valence-corrected chi connectivity index (χ0v) is 6.43. The fourth-order valence-electron chi connectivity index (χ4n) is 0.583. The van der Waals surface area contributed by atoms with E-state index >= 15 is 0 Å². The largest absolute Gasteiger partial charge is 0.407 e. The second-order valence-electron chi connectivity index (χ2n) is 2.17. The molecule has 3 N–H and O–H groups in total. The maximum atomic E-state index is 11.7. The van der Waals surface area contributed by atoms with Crippen LogP contribution >= 0.6 is 0 Å². The standard InChI is InChI=1S/C5H7F3N4O/c6-5(7,8)2-10-4-12-11-3(1-9)13-4/h1-2,9H2,(H,10,12). The SMILES string of the molecule is NCc1nnc(NCC(F)(F)F)o1. The molecule has 5 nitrogen and oxygen atoms in total. The summed E-state index contributed by atoms with van der Waals surface area (Å²) in [6, 6.07) is -0.280. The predicted octanol–water partition coefficient (Wildman–Crippen LogP) is 0.502. The summed E-state index contributed by atoms with van der Waals surface area (Å²) in [6.07, 6.45) is -4.31. The van der Waals surface area contributed by atoms with Crippen LogP contribution in [0, 0.1) is 0 Å². The number of anilines is 1. The van der Waals surface area contributed by atoms with Crippen molar-refractivity contribution in [3.8, 4) is 0 Å². The number of halogens is 3. The molecule has 8 heteroatoms. The number of rotatable bonds is 3. The minimum Gasteiger partial charge on any atom is -0.407 e. The minimum absolute atomic E-state index is 0.000692. The Morgan fingerprint density at radius 2 is 2.08 bits per heavy atom. The Kier molecular flexibility index (Phi) is 2.71. The molecule has 1 heterocycles. The molecule has 1 aromatic rings. The summed E-state index contributed by atoms with van der Waals surface area (Å²) in [5, 5.41) is 8.56. The maximum Gasteiger partial charge on any atom is 0.405 e. The Labute approximate surface area is 71.1 Å². The van der Waals surface area contributed by atoms with Gasteiger partial charge in [0.15, 0.2) is 0 Å². The summed E-state index contributed by atoms with van der Waals surface area (Å²) in [5.74, 6) is 0.0877. The van der Waals surface area contributed by atoms with E-state index in [1.54, 1.807) is 0 Å². The molecule has 1 rings (SSSR count). The molecule has 0 aliphatic heterocycles. The van der Waals surface area contributed by atoms with Gasteiger partial charge in [0.2, 0.25) is 5.89 Å². The van der Waals surface area contributed by atoms with E-state index in [0.717, 1.165) is 0 Å². The molecule has 0 atom stereocenters. The smallest absolute Gasteiger partial charge is 0.405 e. The maximum absolute atomic E-state index is 11.7. The minimum atomic E-state index is -4.31. The van der Waals surface area contributed by atoms with Gasteiger partial charge in [-0.3, -0.25) is 0 Å². The van der Waals surface area contributed by atoms with Crippen LogP contribution in [-0.2, 0) is 6.54 Å². The molecule has 1 aromatic heterocycles. The quantitative estimate of drug-likeness (QED) is 0.736. The first kappa shape index (κ1) is 9.78. The van der Waals surface area contributed by atoms with Gasteiger partial charge in [-0.1, -0.05) is 5.10 Å². The van der Waals surface area contributed by atoms with Crippen LogP contribution in [0.25, 0.3) is 0 Å². The molecule has 0 saturated heterocycles. The first-order valence-electron chi connectivity index (χ1n) is 3.34. The number of hydrogen-bond donors (Lipinski definition) is 2. The highest BCUT2D eigenvalue weighted by atomic mass is 19.4. The Morgan fingerprint density at radius 1 is 1.38 bits per heavy atom. The lowest BCUT2D eigenvalue weighted by atomic mass is 10.6. The predicted molar refractivity (Wildman–Crippen MR) is 36.7 cm³/mol. The van der Waals surface area contributed by atoms with Crippen molar-refractivity contribution in [3.05, 3.63) is 5.89 Å². The van der Waals surface area contributed by atoms with Crippen LogP contribution in [0.5, 0.6) is 0 Å². The zero-order chi connectivity index (χ0) is 9.90. The first-order valence-corrected chi connectivity index (χ1v) is 3.34. The van der Waals surface area contributed by atoms with Crippen molar-refractivity contribution in [2.24, 2.45) is 5.73 Å². The second-order valence-corrected chi connectivity index (χ2v) is 2.17. The summed E-state index contributed by atoms with van der Waals surface area (Å²) < 4.78 is 39.6. The van der Waals surface area contributed by atoms with Gasteiger partial charge >= 0.3 is 12.2 Å². The monoisotopic (exact) mass is 196 g/mol. The lowest BCUT2D eigenvalue weighted by molar-refractivity contribution is -0.115. The lowest BCUT2D eigenvalue weighted by Gasteiger charge is -2.04. The van der Waals surface area contributed by atoms with E-state index in [1.165, 1.54) is 0 Å². The third-order valence-corrected chi connectivity index (χ3v) is 1.08. The second kappa shape index (κ2) is 3.60. The zero-order valence-electron chi connectivity index (χ0n) is 6.43. The topological polar surface area (TPSA) is 77.0 Å². The molecular weight excluding hydrogens is 189 g/mol. The van der Waals surface area contributed by atoms with Crippen molar-refractivity contribution in [1.29, 1.82) is 0 Å². The molecule has 0 radical (unpaired) electrons. The van der Waals surface area contributed by atoms with Gasteiger partial charge in [-0.15, -0.1) is 5.10 Å². The van der Waals surface area contributed by atoms with Crippen molar-refractivity contribution in [2.75, 3.05) is 11.9 Å². The number of alkyl halides is 3. The molecule has 0 unspecified atom stereocenters. The van der Waals surface area contributed by atoms with Crippen LogP contribution in [0.1, 0.15) is 5.89 Å². The molecule has 0 bridgehead atoms. The van der Waals surface area contributed by atoms with Gasteiger partial charge in [-0.05, 0) is 0 Å². The lowest BCUT2D eigenvalue weighted by Crippen LogP contribution is -2.21. The molecule has 0 fully saturated rings. The summed E-state index contributed by atoms with van der Waals surface area (Å²) in [5.41, 5.74) is 5.10. The van der Waals surface area contributed by atoms with Crippen molar-refractivity contribution in [3.63, 3.8) is 0 Å². The van der Waals surface area contributed by atoms with Crippen LogP contribution < -0.4 is 11.1 Å². The third-order valence-electron chi connectivity index (χ3n) is 1.08. The van der Waals surface area contributed by atoms with E-state index in [2.05, 4.69) is 14.6 Å². The number of nitrogens with one attached hydrogen (secondary N) is 1. The van der Waals surface area contributed by atoms with Crippen LogP contribution in [-0.4, -0.2) is 22.9 Å². The van der Waals surface area contributed by atoms with Gasteiger partial charge in [0.05, 0.1) is 6.54 Å². The molecule has 0 aliphatic rings. The summed E-state index contributed by atoms with van der Waals surface area (Å²) in [7, 11) is 0. The number of nitrogens with two attached hydrogens (primary N) is 1. The molecule has 13 heavy (non-hydrogen) atoms. The first-order chi connectivity index (χ1) is 6.01. The van der Waals surface area contributed by atoms with Gasteiger partial charge in [0, 0.05) is 0 Å². The van der Waals surface area contributed by atoms with E-state index in [9.17, 15) is 13.2 Å². The van der Waals surface area contributed by atoms with Crippen LogP contribution in [0.2, 0.25) is 0 Å². The molecule has 0 aliphatic carbocycles. The Balaban J connectivity index is 2.46.